The highest BCUT2D eigenvalue weighted by atomic mass is 32.2. The van der Waals surface area contributed by atoms with Gasteiger partial charge in [-0.15, -0.1) is 0 Å². The molecule has 0 heterocycles. The van der Waals surface area contributed by atoms with Crippen molar-refractivity contribution in [2.24, 2.45) is 4.99 Å². The van der Waals surface area contributed by atoms with Crippen LogP contribution < -0.4 is 0 Å². The third-order valence-electron chi connectivity index (χ3n) is 0.533. The molecule has 0 saturated carbocycles. The fourth-order valence-corrected chi connectivity index (χ4v) is 0.694. The standard InChI is InChI=1S/C6H11NS/c1-3-5-8-6-7-4-2/h3,5-6H,4H2,1-2H3/b5-3+,7-6?. The predicted molar refractivity (Wildman–Crippen MR) is 41.4 cm³/mol. The quantitative estimate of drug-likeness (QED) is 0.420. The minimum absolute atomic E-state index is 0.880. The van der Waals surface area contributed by atoms with E-state index in [0.29, 0.717) is 0 Å². The maximum absolute atomic E-state index is 4.00. The van der Waals surface area contributed by atoms with Crippen molar-refractivity contribution < 1.29 is 0 Å². The zero-order valence-electron chi connectivity index (χ0n) is 5.29. The van der Waals surface area contributed by atoms with Gasteiger partial charge in [0, 0.05) is 6.54 Å². The maximum atomic E-state index is 4.00. The van der Waals surface area contributed by atoms with E-state index < -0.39 is 0 Å². The Morgan fingerprint density at radius 2 is 2.38 bits per heavy atom. The molecule has 0 N–H and O–H groups in total. The van der Waals surface area contributed by atoms with E-state index in [1.54, 1.807) is 11.8 Å². The second-order valence-electron chi connectivity index (χ2n) is 1.21. The van der Waals surface area contributed by atoms with Gasteiger partial charge in [-0.2, -0.15) is 0 Å². The third-order valence-corrected chi connectivity index (χ3v) is 1.23. The van der Waals surface area contributed by atoms with Crippen molar-refractivity contribution >= 4 is 17.3 Å². The Hall–Kier alpha value is -0.240. The van der Waals surface area contributed by atoms with Crippen molar-refractivity contribution in [1.82, 2.24) is 0 Å². The van der Waals surface area contributed by atoms with E-state index in [4.69, 9.17) is 0 Å². The molecule has 1 nitrogen and oxygen atoms in total. The van der Waals surface area contributed by atoms with E-state index in [2.05, 4.69) is 4.99 Å². The minimum Gasteiger partial charge on any atom is -0.286 e. The monoisotopic (exact) mass is 129 g/mol. The van der Waals surface area contributed by atoms with Gasteiger partial charge in [0.1, 0.15) is 0 Å². The number of hydrogen-bond acceptors (Lipinski definition) is 2. The predicted octanol–water partition coefficient (Wildman–Crippen LogP) is 2.30. The van der Waals surface area contributed by atoms with E-state index in [1.165, 1.54) is 0 Å². The second-order valence-corrected chi connectivity index (χ2v) is 1.96. The molecule has 8 heavy (non-hydrogen) atoms. The lowest BCUT2D eigenvalue weighted by molar-refractivity contribution is 1.15. The third kappa shape index (κ3) is 5.76. The fraction of sp³-hybridized carbons (Fsp3) is 0.500. The van der Waals surface area contributed by atoms with Gasteiger partial charge in [0.15, 0.2) is 0 Å². The van der Waals surface area contributed by atoms with Crippen molar-refractivity contribution in [2.75, 3.05) is 6.54 Å². The zero-order chi connectivity index (χ0) is 6.24. The smallest absolute Gasteiger partial charge is 0.0582 e. The van der Waals surface area contributed by atoms with Gasteiger partial charge in [-0.05, 0) is 19.3 Å². The lowest BCUT2D eigenvalue weighted by Crippen LogP contribution is -1.64. The molecule has 0 aliphatic rings. The molecule has 0 bridgehead atoms. The molecule has 0 aromatic rings. The van der Waals surface area contributed by atoms with Crippen molar-refractivity contribution in [3.05, 3.63) is 11.5 Å². The first-order valence-electron chi connectivity index (χ1n) is 2.66. The SMILES string of the molecule is C/C=C/SC=NCC. The van der Waals surface area contributed by atoms with E-state index in [1.807, 2.05) is 30.9 Å². The lowest BCUT2D eigenvalue weighted by Gasteiger charge is -1.77. The van der Waals surface area contributed by atoms with Crippen LogP contribution in [0.4, 0.5) is 0 Å². The second kappa shape index (κ2) is 6.76. The van der Waals surface area contributed by atoms with Gasteiger partial charge in [0.25, 0.3) is 0 Å². The van der Waals surface area contributed by atoms with Crippen LogP contribution in [0.1, 0.15) is 13.8 Å². The van der Waals surface area contributed by atoms with Crippen LogP contribution in [0.15, 0.2) is 16.5 Å². The molecule has 0 fully saturated rings. The van der Waals surface area contributed by atoms with Gasteiger partial charge >= 0.3 is 0 Å². The minimum atomic E-state index is 0.880. The average molecular weight is 129 g/mol. The van der Waals surface area contributed by atoms with Gasteiger partial charge in [0.2, 0.25) is 0 Å². The molecular weight excluding hydrogens is 118 g/mol. The summed E-state index contributed by atoms with van der Waals surface area (Å²) in [6.07, 6.45) is 1.99. The number of allylic oxidation sites excluding steroid dienone is 1. The highest BCUT2D eigenvalue weighted by molar-refractivity contribution is 8.14. The number of aliphatic imine (C=N–C) groups is 1. The van der Waals surface area contributed by atoms with E-state index in [0.717, 1.165) is 6.54 Å². The Kier molecular flexibility index (Phi) is 6.56. The van der Waals surface area contributed by atoms with Gasteiger partial charge < -0.3 is 0 Å². The molecule has 0 aliphatic carbocycles. The molecule has 0 aliphatic heterocycles. The maximum Gasteiger partial charge on any atom is 0.0582 e. The fourth-order valence-electron chi connectivity index (χ4n) is 0.231. The molecule has 0 aromatic carbocycles. The molecule has 0 spiro atoms. The van der Waals surface area contributed by atoms with E-state index >= 15 is 0 Å². The summed E-state index contributed by atoms with van der Waals surface area (Å²) < 4.78 is 0. The zero-order valence-corrected chi connectivity index (χ0v) is 6.11. The van der Waals surface area contributed by atoms with Crippen molar-refractivity contribution in [3.63, 3.8) is 0 Å². The van der Waals surface area contributed by atoms with Crippen LogP contribution in [0.2, 0.25) is 0 Å². The molecule has 0 unspecified atom stereocenters. The number of hydrogen-bond donors (Lipinski definition) is 0. The number of thioether (sulfide) groups is 1. The molecule has 0 atom stereocenters. The first-order chi connectivity index (χ1) is 3.91. The number of rotatable bonds is 3. The Balaban J connectivity index is 3.03. The Labute approximate surface area is 54.9 Å². The van der Waals surface area contributed by atoms with Crippen LogP contribution in [0, 0.1) is 0 Å². The van der Waals surface area contributed by atoms with Crippen LogP contribution in [0.5, 0.6) is 0 Å². The molecular formula is C6H11NS. The molecule has 0 amide bonds. The molecule has 0 rings (SSSR count). The summed E-state index contributed by atoms with van der Waals surface area (Å²) in [6.45, 7) is 4.89. The summed E-state index contributed by atoms with van der Waals surface area (Å²) in [4.78, 5) is 4.00. The Bertz CT molecular complexity index is 86.5. The van der Waals surface area contributed by atoms with Crippen molar-refractivity contribution in [3.8, 4) is 0 Å². The van der Waals surface area contributed by atoms with Crippen LogP contribution >= 0.6 is 11.8 Å². The van der Waals surface area contributed by atoms with Crippen LogP contribution in [0.25, 0.3) is 0 Å². The molecule has 0 aromatic heterocycles. The number of nitrogens with zero attached hydrogens (tertiary/aromatic N) is 1. The van der Waals surface area contributed by atoms with Crippen LogP contribution in [-0.4, -0.2) is 12.1 Å². The summed E-state index contributed by atoms with van der Waals surface area (Å²) in [5, 5.41) is 2.00. The van der Waals surface area contributed by atoms with Crippen LogP contribution in [-0.2, 0) is 0 Å². The van der Waals surface area contributed by atoms with Gasteiger partial charge in [-0.25, -0.2) is 0 Å². The first kappa shape index (κ1) is 7.76. The normalized spacial score (nSPS) is 11.8. The first-order valence-corrected chi connectivity index (χ1v) is 3.61. The van der Waals surface area contributed by atoms with Gasteiger partial charge in [-0.1, -0.05) is 17.8 Å². The van der Waals surface area contributed by atoms with E-state index in [9.17, 15) is 0 Å². The Morgan fingerprint density at radius 3 is 2.88 bits per heavy atom. The summed E-state index contributed by atoms with van der Waals surface area (Å²) in [7, 11) is 0. The average Bonchev–Trinajstić information content (AvgIpc) is 1.81. The van der Waals surface area contributed by atoms with Crippen molar-refractivity contribution in [1.29, 1.82) is 0 Å². The van der Waals surface area contributed by atoms with E-state index in [-0.39, 0.29) is 0 Å². The highest BCUT2D eigenvalue weighted by Crippen LogP contribution is 1.94. The molecule has 2 heteroatoms. The molecule has 0 radical (unpaired) electrons. The largest absolute Gasteiger partial charge is 0.286 e. The molecule has 0 saturated heterocycles. The summed E-state index contributed by atoms with van der Waals surface area (Å²) in [5.74, 6) is 0. The van der Waals surface area contributed by atoms with Crippen molar-refractivity contribution in [2.45, 2.75) is 13.8 Å². The summed E-state index contributed by atoms with van der Waals surface area (Å²) >= 11 is 1.61. The lowest BCUT2D eigenvalue weighted by atomic mass is 10.8. The summed E-state index contributed by atoms with van der Waals surface area (Å²) in [6, 6.07) is 0. The summed E-state index contributed by atoms with van der Waals surface area (Å²) in [5.41, 5.74) is 1.85. The van der Waals surface area contributed by atoms with Gasteiger partial charge in [0.05, 0.1) is 5.55 Å². The molecule has 46 valence electrons. The highest BCUT2D eigenvalue weighted by Gasteiger charge is 1.66. The van der Waals surface area contributed by atoms with Crippen LogP contribution in [0.3, 0.4) is 0 Å². The Morgan fingerprint density at radius 1 is 1.62 bits per heavy atom. The topological polar surface area (TPSA) is 12.4 Å². The van der Waals surface area contributed by atoms with Gasteiger partial charge in [-0.3, -0.25) is 4.99 Å².